The molecule has 5 heavy (non-hydrogen) atoms. The Hall–Kier alpha value is 0.363. The molecule has 0 rings (SSSR count). The first-order valence-corrected chi connectivity index (χ1v) is 6.71. The summed E-state index contributed by atoms with van der Waals surface area (Å²) in [6, 6.07) is 0. The molecule has 0 aromatic rings. The molecule has 0 aliphatic heterocycles. The van der Waals surface area contributed by atoms with E-state index in [9.17, 15) is 0 Å². The summed E-state index contributed by atoms with van der Waals surface area (Å²) >= 11 is -0.0920. The van der Waals surface area contributed by atoms with Crippen molar-refractivity contribution in [1.29, 1.82) is 0 Å². The Morgan fingerprint density at radius 1 is 1.60 bits per heavy atom. The van der Waals surface area contributed by atoms with E-state index < -0.39 is 0 Å². The van der Waals surface area contributed by atoms with Gasteiger partial charge in [0.2, 0.25) is 0 Å². The van der Waals surface area contributed by atoms with Crippen molar-refractivity contribution in [2.24, 2.45) is 0 Å². The fourth-order valence-corrected chi connectivity index (χ4v) is 1.22. The molecule has 0 aromatic heterocycles. The van der Waals surface area contributed by atoms with Crippen LogP contribution in [0, 0.1) is 0 Å². The average Bonchev–Trinajstić information content (AvgIpc) is 1.41. The topological polar surface area (TPSA) is 0 Å². The van der Waals surface area contributed by atoms with Gasteiger partial charge in [0, 0.05) is 0 Å². The maximum atomic E-state index is 2.31. The van der Waals surface area contributed by atoms with Gasteiger partial charge in [0.15, 0.2) is 0 Å². The van der Waals surface area contributed by atoms with E-state index in [0.29, 0.717) is 0 Å². The van der Waals surface area contributed by atoms with E-state index in [1.54, 1.807) is 0 Å². The van der Waals surface area contributed by atoms with E-state index in [0.717, 1.165) is 0 Å². The Bertz CT molecular complexity index is 30.6. The van der Waals surface area contributed by atoms with Gasteiger partial charge in [-0.3, -0.25) is 0 Å². The van der Waals surface area contributed by atoms with Gasteiger partial charge in [0.05, 0.1) is 0 Å². The van der Waals surface area contributed by atoms with Gasteiger partial charge in [-0.25, -0.2) is 0 Å². The molecule has 0 radical (unpaired) electrons. The first-order chi connectivity index (χ1) is 2.41. The summed E-state index contributed by atoms with van der Waals surface area (Å²) in [5, 5.41) is 0. The zero-order valence-corrected chi connectivity index (χ0v) is 6.83. The molecule has 0 aliphatic rings. The van der Waals surface area contributed by atoms with Crippen LogP contribution in [0.5, 0.6) is 0 Å². The fourth-order valence-electron chi connectivity index (χ4n) is 0.236. The molecule has 0 amide bonds. The zero-order chi connectivity index (χ0) is 4.12. The van der Waals surface area contributed by atoms with E-state index in [2.05, 4.69) is 23.2 Å². The molecule has 0 aliphatic carbocycles. The van der Waals surface area contributed by atoms with E-state index in [4.69, 9.17) is 0 Å². The van der Waals surface area contributed by atoms with Crippen LogP contribution in [0.25, 0.3) is 0 Å². The van der Waals surface area contributed by atoms with Crippen LogP contribution in [0.15, 0.2) is 10.7 Å². The van der Waals surface area contributed by atoms with E-state index in [1.165, 1.54) is 0 Å². The third kappa shape index (κ3) is 4.36. The summed E-state index contributed by atoms with van der Waals surface area (Å²) in [7, 11) is 0. The van der Waals surface area contributed by atoms with Crippen molar-refractivity contribution < 1.29 is 17.1 Å². The monoisotopic (exact) mass is 120 g/mol. The van der Waals surface area contributed by atoms with Crippen molar-refractivity contribution in [3.8, 4) is 0 Å². The third-order valence-electron chi connectivity index (χ3n) is 0.471. The van der Waals surface area contributed by atoms with Gasteiger partial charge in [-0.05, 0) is 0 Å². The molecule has 26 valence electrons. The molecule has 0 heterocycles. The van der Waals surface area contributed by atoms with Gasteiger partial charge in [-0.1, -0.05) is 0 Å². The standard InChI is InChI=1S/C3H5.CH3.Zn/c1-3-2;;/h1,3H,2H3;1H3;. The van der Waals surface area contributed by atoms with Gasteiger partial charge in [-0.2, -0.15) is 0 Å². The van der Waals surface area contributed by atoms with E-state index >= 15 is 0 Å². The van der Waals surface area contributed by atoms with Crippen LogP contribution in [-0.4, -0.2) is 0 Å². The predicted molar refractivity (Wildman–Crippen MR) is 20.7 cm³/mol. The van der Waals surface area contributed by atoms with Gasteiger partial charge in [0.25, 0.3) is 0 Å². The van der Waals surface area contributed by atoms with Crippen LogP contribution in [-0.2, 0) is 17.1 Å². The molecule has 0 spiro atoms. The van der Waals surface area contributed by atoms with Crippen molar-refractivity contribution in [3.05, 3.63) is 10.7 Å². The van der Waals surface area contributed by atoms with E-state index in [1.807, 2.05) is 0 Å². The van der Waals surface area contributed by atoms with Gasteiger partial charge < -0.3 is 0 Å². The average molecular weight is 121 g/mol. The Balaban J connectivity index is 2.62. The Labute approximate surface area is 40.9 Å². The van der Waals surface area contributed by atoms with Crippen LogP contribution in [0.2, 0.25) is 5.52 Å². The first kappa shape index (κ1) is 5.36. The van der Waals surface area contributed by atoms with Crippen molar-refractivity contribution >= 4 is 0 Å². The number of rotatable bonds is 1. The van der Waals surface area contributed by atoms with Crippen molar-refractivity contribution in [1.82, 2.24) is 0 Å². The minimum absolute atomic E-state index is 0.0920. The summed E-state index contributed by atoms with van der Waals surface area (Å²) in [5.74, 6) is 0. The van der Waals surface area contributed by atoms with Crippen LogP contribution in [0.4, 0.5) is 0 Å². The SMILES string of the molecule is CC=[CH][Zn][CH3]. The second-order valence-electron chi connectivity index (χ2n) is 0.977. The van der Waals surface area contributed by atoms with Crippen LogP contribution in [0.1, 0.15) is 6.92 Å². The molecule has 0 nitrogen and oxygen atoms in total. The van der Waals surface area contributed by atoms with Crippen molar-refractivity contribution in [3.63, 3.8) is 0 Å². The predicted octanol–water partition coefficient (Wildman–Crippen LogP) is 1.65. The molecule has 1 heteroatoms. The molecule has 0 saturated heterocycles. The molecular formula is C4H8Zn. The molecule has 0 saturated carbocycles. The van der Waals surface area contributed by atoms with Gasteiger partial charge in [0.1, 0.15) is 0 Å². The molecule has 0 unspecified atom stereocenters. The number of allylic oxidation sites excluding steroid dienone is 1. The molecule has 0 aromatic carbocycles. The maximum absolute atomic E-state index is 2.31. The summed E-state index contributed by atoms with van der Waals surface area (Å²) in [6.45, 7) is 2.08. The molecule has 0 fully saturated rings. The Kier molecular flexibility index (Phi) is 4.68. The normalized spacial score (nSPS) is 8.40. The fraction of sp³-hybridized carbons (Fsp3) is 0.500. The minimum atomic E-state index is -0.0920. The van der Waals surface area contributed by atoms with Crippen LogP contribution >= 0.6 is 0 Å². The van der Waals surface area contributed by atoms with Crippen LogP contribution in [0.3, 0.4) is 0 Å². The summed E-state index contributed by atoms with van der Waals surface area (Å²) in [5.41, 5.74) is 2.31. The summed E-state index contributed by atoms with van der Waals surface area (Å²) in [6.07, 6.45) is 2.14. The van der Waals surface area contributed by atoms with Crippen molar-refractivity contribution in [2.45, 2.75) is 12.4 Å². The molecule has 0 bridgehead atoms. The number of hydrogen-bond acceptors (Lipinski definition) is 0. The zero-order valence-electron chi connectivity index (χ0n) is 3.86. The second kappa shape index (κ2) is 4.36. The molecular weight excluding hydrogens is 113 g/mol. The Morgan fingerprint density at radius 2 is 2.20 bits per heavy atom. The third-order valence-corrected chi connectivity index (χ3v) is 2.45. The summed E-state index contributed by atoms with van der Waals surface area (Å²) < 4.78 is 2.31. The number of hydrogen-bond donors (Lipinski definition) is 0. The van der Waals surface area contributed by atoms with Gasteiger partial charge in [-0.15, -0.1) is 0 Å². The second-order valence-corrected chi connectivity index (χ2v) is 3.68. The van der Waals surface area contributed by atoms with Crippen LogP contribution < -0.4 is 0 Å². The summed E-state index contributed by atoms with van der Waals surface area (Å²) in [4.78, 5) is 0. The van der Waals surface area contributed by atoms with Gasteiger partial charge >= 0.3 is 40.3 Å². The Morgan fingerprint density at radius 3 is 2.20 bits per heavy atom. The quantitative estimate of drug-likeness (QED) is 0.463. The molecule has 0 atom stereocenters. The first-order valence-electron chi connectivity index (χ1n) is 2.03. The van der Waals surface area contributed by atoms with E-state index in [-0.39, 0.29) is 17.1 Å². The molecule has 0 N–H and O–H groups in total. The van der Waals surface area contributed by atoms with Crippen molar-refractivity contribution in [2.75, 3.05) is 0 Å².